The largest absolute Gasteiger partial charge is 0.481 e. The lowest BCUT2D eigenvalue weighted by atomic mass is 9.90. The lowest BCUT2D eigenvalue weighted by Crippen LogP contribution is -2.31. The molecule has 0 aromatic heterocycles. The Balaban J connectivity index is 4.53. The molecule has 0 aromatic rings. The van der Waals surface area contributed by atoms with E-state index in [0.717, 1.165) is 31.8 Å². The highest BCUT2D eigenvalue weighted by Crippen LogP contribution is 2.29. The number of allylic oxidation sites excluding steroid dienone is 1. The van der Waals surface area contributed by atoms with Crippen LogP contribution in [-0.2, 0) is 9.53 Å². The molecule has 0 aliphatic heterocycles. The van der Waals surface area contributed by atoms with Crippen LogP contribution in [0.4, 0.5) is 0 Å². The summed E-state index contributed by atoms with van der Waals surface area (Å²) in [5.41, 5.74) is -0.328. The molecule has 3 heteroatoms. The second-order valence-corrected chi connectivity index (χ2v) is 4.54. The molecule has 0 aliphatic carbocycles. The molecule has 0 heterocycles. The summed E-state index contributed by atoms with van der Waals surface area (Å²) in [6, 6.07) is 0. The van der Waals surface area contributed by atoms with E-state index in [2.05, 4.69) is 20.8 Å². The molecule has 0 saturated heterocycles. The van der Waals surface area contributed by atoms with Crippen molar-refractivity contribution in [3.63, 3.8) is 0 Å². The summed E-state index contributed by atoms with van der Waals surface area (Å²) in [5.74, 6) is -0.449. The summed E-state index contributed by atoms with van der Waals surface area (Å²) >= 11 is 0. The van der Waals surface area contributed by atoms with Crippen LogP contribution in [0.3, 0.4) is 0 Å². The molecule has 0 bridgehead atoms. The highest BCUT2D eigenvalue weighted by atomic mass is 16.6. The molecule has 17 heavy (non-hydrogen) atoms. The molecular formula is C14H26O3. The Morgan fingerprint density at radius 3 is 2.24 bits per heavy atom. The van der Waals surface area contributed by atoms with Crippen molar-refractivity contribution in [3.05, 3.63) is 12.0 Å². The Labute approximate surface area is 105 Å². The maximum absolute atomic E-state index is 10.9. The van der Waals surface area contributed by atoms with Gasteiger partial charge in [-0.3, -0.25) is 4.79 Å². The zero-order valence-electron chi connectivity index (χ0n) is 11.6. The molecule has 3 nitrogen and oxygen atoms in total. The molecule has 0 rings (SSSR count). The molecule has 1 N–H and O–H groups in total. The number of aliphatic hydroxyl groups excluding tert-OH is 1. The Morgan fingerprint density at radius 1 is 1.24 bits per heavy atom. The van der Waals surface area contributed by atoms with Crippen LogP contribution in [0.2, 0.25) is 0 Å². The standard InChI is InChI=1S/C14H26O3/c1-5-8-9-10-14(6-2,7-3)17-13(16)11-12(4)15/h11,16H,5-10H2,1-4H3. The van der Waals surface area contributed by atoms with Crippen molar-refractivity contribution < 1.29 is 14.6 Å². The van der Waals surface area contributed by atoms with Crippen LogP contribution < -0.4 is 0 Å². The first-order chi connectivity index (χ1) is 7.99. The zero-order chi connectivity index (χ0) is 13.3. The minimum Gasteiger partial charge on any atom is -0.481 e. The van der Waals surface area contributed by atoms with Crippen molar-refractivity contribution in [1.82, 2.24) is 0 Å². The zero-order valence-corrected chi connectivity index (χ0v) is 11.6. The fourth-order valence-electron chi connectivity index (χ4n) is 1.92. The van der Waals surface area contributed by atoms with Crippen LogP contribution in [-0.4, -0.2) is 16.5 Å². The summed E-state index contributed by atoms with van der Waals surface area (Å²) in [6.45, 7) is 7.66. The van der Waals surface area contributed by atoms with Gasteiger partial charge in [0.1, 0.15) is 5.60 Å². The van der Waals surface area contributed by atoms with Gasteiger partial charge in [0.05, 0.1) is 6.08 Å². The number of ketones is 1. The van der Waals surface area contributed by atoms with Gasteiger partial charge in [-0.25, -0.2) is 0 Å². The van der Waals surface area contributed by atoms with Crippen LogP contribution >= 0.6 is 0 Å². The molecule has 0 aliphatic rings. The topological polar surface area (TPSA) is 46.5 Å². The van der Waals surface area contributed by atoms with Gasteiger partial charge in [0.15, 0.2) is 5.78 Å². The van der Waals surface area contributed by atoms with E-state index in [9.17, 15) is 9.90 Å². The molecule has 0 amide bonds. The van der Waals surface area contributed by atoms with E-state index in [1.165, 1.54) is 19.8 Å². The fourth-order valence-corrected chi connectivity index (χ4v) is 1.92. The van der Waals surface area contributed by atoms with E-state index in [0.29, 0.717) is 0 Å². The van der Waals surface area contributed by atoms with Crippen LogP contribution in [0.5, 0.6) is 0 Å². The normalized spacial score (nSPS) is 12.6. The number of carbonyl (C=O) groups excluding carboxylic acids is 1. The predicted octanol–water partition coefficient (Wildman–Crippen LogP) is 4.13. The lowest BCUT2D eigenvalue weighted by Gasteiger charge is -2.32. The van der Waals surface area contributed by atoms with Gasteiger partial charge in [0.2, 0.25) is 0 Å². The van der Waals surface area contributed by atoms with Gasteiger partial charge in [-0.1, -0.05) is 33.6 Å². The molecule has 100 valence electrons. The second-order valence-electron chi connectivity index (χ2n) is 4.54. The Kier molecular flexibility index (Phi) is 7.68. The molecule has 0 unspecified atom stereocenters. The van der Waals surface area contributed by atoms with E-state index in [-0.39, 0.29) is 17.3 Å². The third kappa shape index (κ3) is 6.35. The molecule has 0 aromatic carbocycles. The minimum absolute atomic E-state index is 0.197. The van der Waals surface area contributed by atoms with Crippen molar-refractivity contribution >= 4 is 5.78 Å². The Morgan fingerprint density at radius 2 is 1.82 bits per heavy atom. The van der Waals surface area contributed by atoms with Gasteiger partial charge in [0.25, 0.3) is 5.95 Å². The molecule has 0 atom stereocenters. The van der Waals surface area contributed by atoms with Crippen LogP contribution in [0.15, 0.2) is 12.0 Å². The van der Waals surface area contributed by atoms with E-state index < -0.39 is 0 Å². The quantitative estimate of drug-likeness (QED) is 0.375. The Hall–Kier alpha value is -0.990. The molecule has 0 saturated carbocycles. The van der Waals surface area contributed by atoms with E-state index >= 15 is 0 Å². The van der Waals surface area contributed by atoms with Gasteiger partial charge in [-0.05, 0) is 32.6 Å². The van der Waals surface area contributed by atoms with Gasteiger partial charge in [-0.2, -0.15) is 0 Å². The third-order valence-electron chi connectivity index (χ3n) is 3.17. The Bertz CT molecular complexity index is 252. The van der Waals surface area contributed by atoms with E-state index in [1.807, 2.05) is 0 Å². The van der Waals surface area contributed by atoms with Gasteiger partial charge >= 0.3 is 0 Å². The number of hydrogen-bond donors (Lipinski definition) is 1. The van der Waals surface area contributed by atoms with Crippen molar-refractivity contribution in [3.8, 4) is 0 Å². The number of ether oxygens (including phenoxy) is 1. The number of hydrogen-bond acceptors (Lipinski definition) is 3. The smallest absolute Gasteiger partial charge is 0.280 e. The molecule has 0 radical (unpaired) electrons. The number of carbonyl (C=O) groups is 1. The maximum Gasteiger partial charge on any atom is 0.280 e. The predicted molar refractivity (Wildman–Crippen MR) is 69.9 cm³/mol. The average molecular weight is 242 g/mol. The van der Waals surface area contributed by atoms with E-state index in [4.69, 9.17) is 4.74 Å². The van der Waals surface area contributed by atoms with Crippen LogP contribution in [0.1, 0.15) is 66.2 Å². The first-order valence-corrected chi connectivity index (χ1v) is 6.60. The monoisotopic (exact) mass is 242 g/mol. The molecule has 0 spiro atoms. The minimum atomic E-state index is -0.328. The first kappa shape index (κ1) is 16.0. The fraction of sp³-hybridized carbons (Fsp3) is 0.786. The number of unbranched alkanes of at least 4 members (excludes halogenated alkanes) is 2. The van der Waals surface area contributed by atoms with Crippen molar-refractivity contribution in [2.24, 2.45) is 0 Å². The van der Waals surface area contributed by atoms with Crippen molar-refractivity contribution in [2.75, 3.05) is 0 Å². The third-order valence-corrected chi connectivity index (χ3v) is 3.17. The molecule has 0 fully saturated rings. The average Bonchev–Trinajstić information content (AvgIpc) is 2.27. The highest BCUT2D eigenvalue weighted by molar-refractivity contribution is 5.87. The maximum atomic E-state index is 10.9. The molecular weight excluding hydrogens is 216 g/mol. The first-order valence-electron chi connectivity index (χ1n) is 6.60. The van der Waals surface area contributed by atoms with Crippen molar-refractivity contribution in [1.29, 1.82) is 0 Å². The van der Waals surface area contributed by atoms with E-state index in [1.54, 1.807) is 0 Å². The summed E-state index contributed by atoms with van der Waals surface area (Å²) in [6.07, 6.45) is 7.15. The number of aliphatic hydroxyl groups is 1. The summed E-state index contributed by atoms with van der Waals surface area (Å²) in [5, 5.41) is 9.59. The highest BCUT2D eigenvalue weighted by Gasteiger charge is 2.28. The lowest BCUT2D eigenvalue weighted by molar-refractivity contribution is -0.113. The SMILES string of the molecule is CCCCCC(CC)(CC)OC(O)=CC(C)=O. The summed E-state index contributed by atoms with van der Waals surface area (Å²) in [4.78, 5) is 10.9. The van der Waals surface area contributed by atoms with Crippen LogP contribution in [0.25, 0.3) is 0 Å². The second kappa shape index (κ2) is 8.15. The van der Waals surface area contributed by atoms with Gasteiger partial charge < -0.3 is 9.84 Å². The van der Waals surface area contributed by atoms with Gasteiger partial charge in [-0.15, -0.1) is 0 Å². The van der Waals surface area contributed by atoms with Crippen LogP contribution in [0, 0.1) is 0 Å². The summed E-state index contributed by atoms with van der Waals surface area (Å²) in [7, 11) is 0. The summed E-state index contributed by atoms with van der Waals surface area (Å²) < 4.78 is 5.59. The van der Waals surface area contributed by atoms with Crippen molar-refractivity contribution in [2.45, 2.75) is 71.8 Å². The number of rotatable bonds is 9. The van der Waals surface area contributed by atoms with Gasteiger partial charge in [0, 0.05) is 0 Å².